The number of benzene rings is 2. The largest absolute Gasteiger partial charge is 0.465 e. The van der Waals surface area contributed by atoms with Gasteiger partial charge in [0.2, 0.25) is 0 Å². The number of nitrogens with zero attached hydrogens (tertiary/aromatic N) is 3. The number of carbonyl (C=O) groups excluding carboxylic acids is 1. The third-order valence-electron chi connectivity index (χ3n) is 5.25. The van der Waals surface area contributed by atoms with Crippen molar-refractivity contribution in [3.63, 3.8) is 0 Å². The minimum absolute atomic E-state index is 0.121. The molecule has 0 saturated heterocycles. The van der Waals surface area contributed by atoms with Gasteiger partial charge in [0.25, 0.3) is 5.56 Å². The van der Waals surface area contributed by atoms with E-state index in [4.69, 9.17) is 0 Å². The van der Waals surface area contributed by atoms with Gasteiger partial charge in [-0.2, -0.15) is 0 Å². The van der Waals surface area contributed by atoms with Crippen LogP contribution >= 0.6 is 0 Å². The maximum Gasteiger partial charge on any atom is 0.408 e. The number of hydrogen-bond donors (Lipinski definition) is 3. The fourth-order valence-electron chi connectivity index (χ4n) is 3.91. The SMILES string of the molecule is CCNC(=O)Nc1cccc(-n2c([C@H](C)N(C(=O)O)C(C)(C)C)nc3cc(F)ccc3c2=O)c1. The Balaban J connectivity index is 2.28. The smallest absolute Gasteiger partial charge is 0.408 e. The molecule has 0 aliphatic carbocycles. The Kier molecular flexibility index (Phi) is 6.90. The summed E-state index contributed by atoms with van der Waals surface area (Å²) >= 11 is 0. The number of nitrogens with one attached hydrogen (secondary N) is 2. The van der Waals surface area contributed by atoms with Crippen LogP contribution in [0.1, 0.15) is 46.5 Å². The minimum atomic E-state index is -1.19. The van der Waals surface area contributed by atoms with Crippen LogP contribution < -0.4 is 16.2 Å². The molecule has 0 saturated carbocycles. The van der Waals surface area contributed by atoms with Crippen LogP contribution in [0.2, 0.25) is 0 Å². The molecule has 9 nitrogen and oxygen atoms in total. The highest BCUT2D eigenvalue weighted by molar-refractivity contribution is 5.89. The molecule has 3 N–H and O–H groups in total. The molecule has 3 amide bonds. The Bertz CT molecular complexity index is 1300. The molecule has 0 spiro atoms. The van der Waals surface area contributed by atoms with Gasteiger partial charge in [0.15, 0.2) is 0 Å². The molecule has 0 radical (unpaired) electrons. The van der Waals surface area contributed by atoms with Crippen LogP contribution in [0.25, 0.3) is 16.6 Å². The molecular weight excluding hydrogens is 441 g/mol. The molecule has 0 aliphatic heterocycles. The summed E-state index contributed by atoms with van der Waals surface area (Å²) in [5.74, 6) is -0.439. The molecule has 0 bridgehead atoms. The number of carboxylic acid groups (broad SMARTS) is 1. The van der Waals surface area contributed by atoms with Gasteiger partial charge in [0.05, 0.1) is 22.6 Å². The standard InChI is InChI=1S/C24H28FN5O4/c1-6-26-22(32)27-16-8-7-9-17(13-16)29-20(14(2)30(23(33)34)24(3,4)5)28-19-12-15(25)10-11-18(19)21(29)31/h7-14H,6H2,1-5H3,(H,33,34)(H2,26,27,32)/t14-/m0/s1. The Morgan fingerprint density at radius 2 is 1.91 bits per heavy atom. The highest BCUT2D eigenvalue weighted by atomic mass is 19.1. The maximum absolute atomic E-state index is 13.9. The molecule has 34 heavy (non-hydrogen) atoms. The van der Waals surface area contributed by atoms with E-state index in [0.717, 1.165) is 6.07 Å². The summed E-state index contributed by atoms with van der Waals surface area (Å²) in [6.07, 6.45) is -1.19. The van der Waals surface area contributed by atoms with E-state index >= 15 is 0 Å². The number of aromatic nitrogens is 2. The van der Waals surface area contributed by atoms with E-state index in [-0.39, 0.29) is 16.7 Å². The molecular formula is C24H28FN5O4. The summed E-state index contributed by atoms with van der Waals surface area (Å²) in [6, 6.07) is 8.96. The molecule has 0 aliphatic rings. The third-order valence-corrected chi connectivity index (χ3v) is 5.25. The van der Waals surface area contributed by atoms with Gasteiger partial charge in [-0.3, -0.25) is 14.3 Å². The molecule has 1 aromatic heterocycles. The molecule has 180 valence electrons. The second kappa shape index (κ2) is 9.50. The lowest BCUT2D eigenvalue weighted by Gasteiger charge is -2.38. The van der Waals surface area contributed by atoms with Gasteiger partial charge in [-0.05, 0) is 65.0 Å². The average molecular weight is 470 g/mol. The topological polar surface area (TPSA) is 117 Å². The summed E-state index contributed by atoms with van der Waals surface area (Å²) in [5, 5.41) is 15.4. The van der Waals surface area contributed by atoms with Crippen LogP contribution in [-0.4, -0.2) is 43.8 Å². The maximum atomic E-state index is 13.9. The number of hydrogen-bond acceptors (Lipinski definition) is 4. The zero-order chi connectivity index (χ0) is 25.2. The molecule has 3 rings (SSSR count). The number of anilines is 1. The quantitative estimate of drug-likeness (QED) is 0.509. The molecule has 1 atom stereocenters. The molecule has 1 heterocycles. The minimum Gasteiger partial charge on any atom is -0.465 e. The van der Waals surface area contributed by atoms with Crippen LogP contribution in [0, 0.1) is 5.82 Å². The van der Waals surface area contributed by atoms with Crippen molar-refractivity contribution in [1.29, 1.82) is 0 Å². The van der Waals surface area contributed by atoms with Crippen molar-refractivity contribution in [1.82, 2.24) is 19.8 Å². The van der Waals surface area contributed by atoms with Gasteiger partial charge in [-0.1, -0.05) is 6.07 Å². The summed E-state index contributed by atoms with van der Waals surface area (Å²) in [6.45, 7) is 9.05. The summed E-state index contributed by atoms with van der Waals surface area (Å²) in [4.78, 5) is 43.4. The highest BCUT2D eigenvalue weighted by Crippen LogP contribution is 2.29. The second-order valence-electron chi connectivity index (χ2n) is 8.81. The Labute approximate surface area is 196 Å². The highest BCUT2D eigenvalue weighted by Gasteiger charge is 2.34. The van der Waals surface area contributed by atoms with E-state index < -0.39 is 35.1 Å². The lowest BCUT2D eigenvalue weighted by Crippen LogP contribution is -2.47. The van der Waals surface area contributed by atoms with Crippen LogP contribution in [-0.2, 0) is 0 Å². The van der Waals surface area contributed by atoms with Crippen molar-refractivity contribution in [3.05, 3.63) is 64.5 Å². The van der Waals surface area contributed by atoms with E-state index in [1.54, 1.807) is 58.9 Å². The predicted molar refractivity (Wildman–Crippen MR) is 128 cm³/mol. The molecule has 0 fully saturated rings. The molecule has 0 unspecified atom stereocenters. The van der Waals surface area contributed by atoms with Crippen LogP contribution in [0.5, 0.6) is 0 Å². The first-order valence-electron chi connectivity index (χ1n) is 10.8. The number of amides is 3. The van der Waals surface area contributed by atoms with Crippen molar-refractivity contribution in [3.8, 4) is 5.69 Å². The van der Waals surface area contributed by atoms with Gasteiger partial charge >= 0.3 is 12.1 Å². The number of halogens is 1. The first-order chi connectivity index (χ1) is 15.9. The van der Waals surface area contributed by atoms with Crippen molar-refractivity contribution in [2.75, 3.05) is 11.9 Å². The second-order valence-corrected chi connectivity index (χ2v) is 8.81. The van der Waals surface area contributed by atoms with E-state index in [2.05, 4.69) is 15.6 Å². The Morgan fingerprint density at radius 1 is 1.21 bits per heavy atom. The first kappa shape index (κ1) is 24.7. The Hall–Kier alpha value is -3.95. The molecule has 2 aromatic carbocycles. The van der Waals surface area contributed by atoms with Gasteiger partial charge in [0, 0.05) is 23.8 Å². The zero-order valence-electron chi connectivity index (χ0n) is 19.7. The van der Waals surface area contributed by atoms with Crippen molar-refractivity contribution >= 4 is 28.7 Å². The molecule has 10 heteroatoms. The normalized spacial score (nSPS) is 12.3. The number of fused-ring (bicyclic) bond motifs is 1. The lowest BCUT2D eigenvalue weighted by atomic mass is 10.0. The van der Waals surface area contributed by atoms with E-state index in [1.165, 1.54) is 21.6 Å². The number of rotatable bonds is 5. The van der Waals surface area contributed by atoms with Crippen molar-refractivity contribution in [2.45, 2.75) is 46.2 Å². The molecule has 3 aromatic rings. The fourth-order valence-corrected chi connectivity index (χ4v) is 3.91. The van der Waals surface area contributed by atoms with E-state index in [1.807, 2.05) is 0 Å². The Morgan fingerprint density at radius 3 is 2.53 bits per heavy atom. The van der Waals surface area contributed by atoms with E-state index in [9.17, 15) is 23.9 Å². The monoisotopic (exact) mass is 469 g/mol. The van der Waals surface area contributed by atoms with Gasteiger partial charge < -0.3 is 15.7 Å². The van der Waals surface area contributed by atoms with E-state index in [0.29, 0.717) is 17.9 Å². The van der Waals surface area contributed by atoms with Crippen LogP contribution in [0.4, 0.5) is 19.7 Å². The predicted octanol–water partition coefficient (Wildman–Crippen LogP) is 4.51. The first-order valence-corrected chi connectivity index (χ1v) is 10.8. The summed E-state index contributed by atoms with van der Waals surface area (Å²) < 4.78 is 15.2. The van der Waals surface area contributed by atoms with Crippen LogP contribution in [0.15, 0.2) is 47.3 Å². The van der Waals surface area contributed by atoms with Gasteiger partial charge in [0.1, 0.15) is 11.6 Å². The average Bonchev–Trinajstić information content (AvgIpc) is 2.72. The number of carbonyl (C=O) groups is 2. The van der Waals surface area contributed by atoms with Gasteiger partial charge in [-0.25, -0.2) is 19.0 Å². The van der Waals surface area contributed by atoms with Crippen LogP contribution in [0.3, 0.4) is 0 Å². The van der Waals surface area contributed by atoms with Gasteiger partial charge in [-0.15, -0.1) is 0 Å². The van der Waals surface area contributed by atoms with Crippen molar-refractivity contribution in [2.24, 2.45) is 0 Å². The zero-order valence-corrected chi connectivity index (χ0v) is 19.7. The lowest BCUT2D eigenvalue weighted by molar-refractivity contribution is 0.0719. The number of urea groups is 1. The third kappa shape index (κ3) is 5.00. The summed E-state index contributed by atoms with van der Waals surface area (Å²) in [7, 11) is 0. The van der Waals surface area contributed by atoms with Crippen molar-refractivity contribution < 1.29 is 19.1 Å². The summed E-state index contributed by atoms with van der Waals surface area (Å²) in [5.41, 5.74) is -0.370. The fraction of sp³-hybridized carbons (Fsp3) is 0.333.